The number of nitrogens with one attached hydrogen (secondary N) is 1. The first-order chi connectivity index (χ1) is 9.19. The molecule has 1 aliphatic heterocycles. The van der Waals surface area contributed by atoms with Gasteiger partial charge >= 0.3 is 0 Å². The molecule has 4 nitrogen and oxygen atoms in total. The number of benzene rings is 1. The van der Waals surface area contributed by atoms with Gasteiger partial charge in [0.25, 0.3) is 0 Å². The average molecular weight is 295 g/mol. The second-order valence-electron chi connectivity index (χ2n) is 6.38. The van der Waals surface area contributed by atoms with Crippen LogP contribution in [-0.2, 0) is 20.0 Å². The smallest absolute Gasteiger partial charge is 0.228 e. The van der Waals surface area contributed by atoms with E-state index < -0.39 is 15.8 Å². The predicted octanol–water partition coefficient (Wildman–Crippen LogP) is 2.36. The van der Waals surface area contributed by atoms with Crippen LogP contribution in [0.25, 0.3) is 0 Å². The second kappa shape index (κ2) is 5.20. The van der Waals surface area contributed by atoms with Gasteiger partial charge in [-0.2, -0.15) is 0 Å². The zero-order valence-electron chi connectivity index (χ0n) is 12.1. The summed E-state index contributed by atoms with van der Waals surface area (Å²) in [4.78, 5) is 12.2. The van der Waals surface area contributed by atoms with Gasteiger partial charge in [0.1, 0.15) is 0 Å². The number of carbonyl (C=O) groups excluding carboxylic acids is 1. The number of para-hydroxylation sites is 1. The van der Waals surface area contributed by atoms with Crippen molar-refractivity contribution in [2.45, 2.75) is 32.6 Å². The molecule has 5 heteroatoms. The topological polar surface area (TPSA) is 63.2 Å². The highest BCUT2D eigenvalue weighted by Crippen LogP contribution is 2.30. The molecule has 0 bridgehead atoms. The van der Waals surface area contributed by atoms with Crippen molar-refractivity contribution in [1.82, 2.24) is 0 Å². The van der Waals surface area contributed by atoms with Crippen molar-refractivity contribution in [3.63, 3.8) is 0 Å². The van der Waals surface area contributed by atoms with Crippen LogP contribution in [0.1, 0.15) is 32.8 Å². The Morgan fingerprint density at radius 3 is 2.45 bits per heavy atom. The van der Waals surface area contributed by atoms with E-state index in [-0.39, 0.29) is 22.8 Å². The number of hydrogen-bond donors (Lipinski definition) is 1. The third-order valence-corrected chi connectivity index (χ3v) is 5.36. The molecule has 1 atom stereocenters. The molecular weight excluding hydrogens is 274 g/mol. The van der Waals surface area contributed by atoms with Crippen molar-refractivity contribution in [3.05, 3.63) is 29.8 Å². The van der Waals surface area contributed by atoms with Crippen LogP contribution in [-0.4, -0.2) is 25.8 Å². The van der Waals surface area contributed by atoms with Crippen molar-refractivity contribution in [2.24, 2.45) is 5.92 Å². The maximum atomic E-state index is 12.2. The van der Waals surface area contributed by atoms with Gasteiger partial charge in [-0.25, -0.2) is 8.42 Å². The molecule has 1 aromatic carbocycles. The van der Waals surface area contributed by atoms with E-state index in [0.29, 0.717) is 6.42 Å². The van der Waals surface area contributed by atoms with E-state index in [2.05, 4.69) is 26.1 Å². The molecule has 1 N–H and O–H groups in total. The summed E-state index contributed by atoms with van der Waals surface area (Å²) in [5.74, 6) is -0.529. The Hall–Kier alpha value is -1.36. The second-order valence-corrected chi connectivity index (χ2v) is 8.61. The molecular formula is C15H21NO3S. The van der Waals surface area contributed by atoms with E-state index in [1.54, 1.807) is 0 Å². The van der Waals surface area contributed by atoms with Crippen LogP contribution < -0.4 is 5.32 Å². The molecule has 0 saturated carbocycles. The third kappa shape index (κ3) is 3.39. The van der Waals surface area contributed by atoms with Crippen LogP contribution in [0.3, 0.4) is 0 Å². The minimum atomic E-state index is -3.03. The highest BCUT2D eigenvalue weighted by atomic mass is 32.2. The lowest BCUT2D eigenvalue weighted by atomic mass is 9.85. The number of anilines is 1. The number of rotatable bonds is 2. The summed E-state index contributed by atoms with van der Waals surface area (Å²) in [6, 6.07) is 7.66. The van der Waals surface area contributed by atoms with E-state index in [4.69, 9.17) is 0 Å². The Morgan fingerprint density at radius 1 is 1.25 bits per heavy atom. The molecule has 0 unspecified atom stereocenters. The molecule has 1 amide bonds. The predicted molar refractivity (Wildman–Crippen MR) is 80.5 cm³/mol. The molecule has 1 aromatic rings. The molecule has 0 aliphatic carbocycles. The normalized spacial score (nSPS) is 21.6. The summed E-state index contributed by atoms with van der Waals surface area (Å²) < 4.78 is 22.9. The van der Waals surface area contributed by atoms with Crippen molar-refractivity contribution in [2.75, 3.05) is 16.8 Å². The van der Waals surface area contributed by atoms with Crippen LogP contribution >= 0.6 is 0 Å². The van der Waals surface area contributed by atoms with Crippen LogP contribution in [0.2, 0.25) is 0 Å². The SMILES string of the molecule is CC(C)(C)c1ccccc1NC(=O)[C@H]1CCS(=O)(=O)C1. The monoisotopic (exact) mass is 295 g/mol. The summed E-state index contributed by atoms with van der Waals surface area (Å²) in [7, 11) is -3.03. The Labute approximate surface area is 120 Å². The molecule has 1 fully saturated rings. The minimum absolute atomic E-state index is 0.0312. The third-order valence-electron chi connectivity index (χ3n) is 3.60. The van der Waals surface area contributed by atoms with Gasteiger partial charge in [-0.05, 0) is 23.5 Å². The number of carbonyl (C=O) groups is 1. The van der Waals surface area contributed by atoms with Crippen molar-refractivity contribution in [3.8, 4) is 0 Å². The Bertz CT molecular complexity index is 614. The molecule has 1 aliphatic rings. The van der Waals surface area contributed by atoms with Gasteiger partial charge in [-0.1, -0.05) is 39.0 Å². The van der Waals surface area contributed by atoms with Crippen LogP contribution in [0.15, 0.2) is 24.3 Å². The average Bonchev–Trinajstić information content (AvgIpc) is 2.69. The van der Waals surface area contributed by atoms with E-state index in [1.807, 2.05) is 24.3 Å². The van der Waals surface area contributed by atoms with Gasteiger partial charge in [0, 0.05) is 5.69 Å². The molecule has 110 valence electrons. The Morgan fingerprint density at radius 2 is 1.90 bits per heavy atom. The van der Waals surface area contributed by atoms with E-state index in [9.17, 15) is 13.2 Å². The van der Waals surface area contributed by atoms with Crippen molar-refractivity contribution in [1.29, 1.82) is 0 Å². The van der Waals surface area contributed by atoms with Gasteiger partial charge in [0.15, 0.2) is 9.84 Å². The largest absolute Gasteiger partial charge is 0.326 e. The van der Waals surface area contributed by atoms with Crippen molar-refractivity contribution < 1.29 is 13.2 Å². The fourth-order valence-electron chi connectivity index (χ4n) is 2.48. The number of hydrogen-bond acceptors (Lipinski definition) is 3. The van der Waals surface area contributed by atoms with E-state index in [1.165, 1.54) is 0 Å². The number of amides is 1. The van der Waals surface area contributed by atoms with Crippen molar-refractivity contribution >= 4 is 21.4 Å². The van der Waals surface area contributed by atoms with Crippen LogP contribution in [0.4, 0.5) is 5.69 Å². The number of sulfone groups is 1. The van der Waals surface area contributed by atoms with Gasteiger partial charge in [-0.15, -0.1) is 0 Å². The Kier molecular flexibility index (Phi) is 3.91. The fraction of sp³-hybridized carbons (Fsp3) is 0.533. The molecule has 0 radical (unpaired) electrons. The van der Waals surface area contributed by atoms with Crippen LogP contribution in [0.5, 0.6) is 0 Å². The molecule has 0 spiro atoms. The van der Waals surface area contributed by atoms with Gasteiger partial charge in [-0.3, -0.25) is 4.79 Å². The quantitative estimate of drug-likeness (QED) is 0.911. The molecule has 1 heterocycles. The first kappa shape index (κ1) is 15.0. The van der Waals surface area contributed by atoms with E-state index in [0.717, 1.165) is 11.3 Å². The summed E-state index contributed by atoms with van der Waals surface area (Å²) in [5, 5.41) is 2.89. The summed E-state index contributed by atoms with van der Waals surface area (Å²) in [5.41, 5.74) is 1.74. The maximum Gasteiger partial charge on any atom is 0.228 e. The molecule has 2 rings (SSSR count). The molecule has 1 saturated heterocycles. The van der Waals surface area contributed by atoms with Gasteiger partial charge < -0.3 is 5.32 Å². The minimum Gasteiger partial charge on any atom is -0.326 e. The van der Waals surface area contributed by atoms with Gasteiger partial charge in [0.2, 0.25) is 5.91 Å². The zero-order chi connectivity index (χ0) is 15.0. The first-order valence-electron chi connectivity index (χ1n) is 6.80. The van der Waals surface area contributed by atoms with Gasteiger partial charge in [0.05, 0.1) is 17.4 Å². The first-order valence-corrected chi connectivity index (χ1v) is 8.62. The highest BCUT2D eigenvalue weighted by Gasteiger charge is 2.33. The molecule has 0 aromatic heterocycles. The summed E-state index contributed by atoms with van der Waals surface area (Å²) in [6.45, 7) is 6.24. The maximum absolute atomic E-state index is 12.2. The zero-order valence-corrected chi connectivity index (χ0v) is 13.0. The fourth-order valence-corrected chi connectivity index (χ4v) is 4.22. The highest BCUT2D eigenvalue weighted by molar-refractivity contribution is 7.91. The van der Waals surface area contributed by atoms with Crippen LogP contribution in [0, 0.1) is 5.92 Å². The standard InChI is InChI=1S/C15H21NO3S/c1-15(2,3)12-6-4-5-7-13(12)16-14(17)11-8-9-20(18,19)10-11/h4-7,11H,8-10H2,1-3H3,(H,16,17)/t11-/m0/s1. The summed E-state index contributed by atoms with van der Waals surface area (Å²) >= 11 is 0. The molecule has 20 heavy (non-hydrogen) atoms. The lowest BCUT2D eigenvalue weighted by Gasteiger charge is -2.23. The van der Waals surface area contributed by atoms with E-state index >= 15 is 0 Å². The lowest BCUT2D eigenvalue weighted by Crippen LogP contribution is -2.25. The Balaban J connectivity index is 2.17. The lowest BCUT2D eigenvalue weighted by molar-refractivity contribution is -0.119. The summed E-state index contributed by atoms with van der Waals surface area (Å²) in [6.07, 6.45) is 0.422.